The molecule has 0 unspecified atom stereocenters. The van der Waals surface area contributed by atoms with Crippen molar-refractivity contribution in [1.82, 2.24) is 19.7 Å². The molecule has 0 radical (unpaired) electrons. The Morgan fingerprint density at radius 1 is 1.22 bits per heavy atom. The summed E-state index contributed by atoms with van der Waals surface area (Å²) in [7, 11) is 1.68. The molecule has 0 saturated heterocycles. The van der Waals surface area contributed by atoms with Gasteiger partial charge in [0.2, 0.25) is 0 Å². The zero-order valence-corrected chi connectivity index (χ0v) is 16.7. The van der Waals surface area contributed by atoms with Crippen LogP contribution in [0.5, 0.6) is 5.75 Å². The van der Waals surface area contributed by atoms with Crippen molar-refractivity contribution in [2.45, 2.75) is 24.4 Å². The first-order valence-electron chi connectivity index (χ1n) is 8.53. The molecule has 0 spiro atoms. The number of nitrogens with zero attached hydrogens (tertiary/aromatic N) is 4. The van der Waals surface area contributed by atoms with E-state index in [9.17, 15) is 0 Å². The number of fused-ring (bicyclic) bond motifs is 1. The number of pyridine rings is 1. The molecular formula is C19H19N5OS2. The molecule has 6 nitrogen and oxygen atoms in total. The highest BCUT2D eigenvalue weighted by molar-refractivity contribution is 7.98. The molecule has 3 aromatic heterocycles. The van der Waals surface area contributed by atoms with E-state index in [2.05, 4.69) is 32.7 Å². The van der Waals surface area contributed by atoms with E-state index in [0.29, 0.717) is 0 Å². The number of methoxy groups -OCH3 is 1. The number of nitrogen functional groups attached to an aromatic ring is 1. The van der Waals surface area contributed by atoms with Gasteiger partial charge in [-0.3, -0.25) is 0 Å². The molecule has 3 heterocycles. The normalized spacial score (nSPS) is 11.2. The summed E-state index contributed by atoms with van der Waals surface area (Å²) in [6, 6.07) is 11.9. The van der Waals surface area contributed by atoms with Crippen LogP contribution in [0, 0.1) is 0 Å². The lowest BCUT2D eigenvalue weighted by Gasteiger charge is -2.07. The highest BCUT2D eigenvalue weighted by atomic mass is 32.2. The van der Waals surface area contributed by atoms with Crippen LogP contribution in [0.4, 0.5) is 5.69 Å². The quantitative estimate of drug-likeness (QED) is 0.484. The number of benzene rings is 1. The Labute approximate surface area is 165 Å². The van der Waals surface area contributed by atoms with Gasteiger partial charge in [-0.05, 0) is 36.8 Å². The van der Waals surface area contributed by atoms with Crippen molar-refractivity contribution < 1.29 is 4.74 Å². The van der Waals surface area contributed by atoms with Gasteiger partial charge < -0.3 is 15.0 Å². The highest BCUT2D eigenvalue weighted by Gasteiger charge is 2.19. The van der Waals surface area contributed by atoms with Crippen LogP contribution in [0.3, 0.4) is 0 Å². The minimum absolute atomic E-state index is 0.717. The number of hydrogen-bond acceptors (Lipinski definition) is 7. The fourth-order valence-electron chi connectivity index (χ4n) is 2.88. The van der Waals surface area contributed by atoms with Crippen molar-refractivity contribution in [2.24, 2.45) is 0 Å². The maximum atomic E-state index is 6.37. The van der Waals surface area contributed by atoms with Gasteiger partial charge in [0.05, 0.1) is 17.7 Å². The second kappa shape index (κ2) is 7.58. The van der Waals surface area contributed by atoms with Crippen molar-refractivity contribution >= 4 is 39.0 Å². The standard InChI is InChI=1S/C19H19N5OS2/c1-3-24-17(16-15(20)14-8-5-9-21-18(14)27-16)22-23-19(24)26-11-12-6-4-7-13(10-12)25-2/h4-10H,3,11,20H2,1-2H3. The van der Waals surface area contributed by atoms with Crippen LogP contribution in [-0.2, 0) is 12.3 Å². The molecule has 0 bridgehead atoms. The smallest absolute Gasteiger partial charge is 0.191 e. The van der Waals surface area contributed by atoms with Crippen LogP contribution in [-0.4, -0.2) is 26.9 Å². The van der Waals surface area contributed by atoms with E-state index in [1.54, 1.807) is 36.4 Å². The van der Waals surface area contributed by atoms with Gasteiger partial charge in [0.25, 0.3) is 0 Å². The highest BCUT2D eigenvalue weighted by Crippen LogP contribution is 2.40. The summed E-state index contributed by atoms with van der Waals surface area (Å²) >= 11 is 3.21. The van der Waals surface area contributed by atoms with Crippen LogP contribution in [0.15, 0.2) is 47.8 Å². The third-order valence-corrected chi connectivity index (χ3v) is 6.41. The fourth-order valence-corrected chi connectivity index (χ4v) is 4.88. The summed E-state index contributed by atoms with van der Waals surface area (Å²) in [6.07, 6.45) is 1.78. The molecule has 138 valence electrons. The van der Waals surface area contributed by atoms with Crippen LogP contribution in [0.2, 0.25) is 0 Å². The van der Waals surface area contributed by atoms with Crippen molar-refractivity contribution in [3.63, 3.8) is 0 Å². The summed E-state index contributed by atoms with van der Waals surface area (Å²) in [5, 5.41) is 10.7. The number of thioether (sulfide) groups is 1. The van der Waals surface area contributed by atoms with E-state index in [0.717, 1.165) is 49.8 Å². The minimum Gasteiger partial charge on any atom is -0.497 e. The largest absolute Gasteiger partial charge is 0.497 e. The molecule has 0 aliphatic carbocycles. The molecular weight excluding hydrogens is 378 g/mol. The van der Waals surface area contributed by atoms with E-state index < -0.39 is 0 Å². The molecule has 0 fully saturated rings. The van der Waals surface area contributed by atoms with Crippen molar-refractivity contribution in [2.75, 3.05) is 12.8 Å². The third kappa shape index (κ3) is 3.38. The lowest BCUT2D eigenvalue weighted by molar-refractivity contribution is 0.414. The van der Waals surface area contributed by atoms with Gasteiger partial charge >= 0.3 is 0 Å². The molecule has 0 amide bonds. The molecule has 0 atom stereocenters. The number of rotatable bonds is 6. The number of anilines is 1. The zero-order chi connectivity index (χ0) is 18.8. The second-order valence-corrected chi connectivity index (χ2v) is 7.83. The number of aromatic nitrogens is 4. The summed E-state index contributed by atoms with van der Waals surface area (Å²) in [5.74, 6) is 2.45. The summed E-state index contributed by atoms with van der Waals surface area (Å²) < 4.78 is 7.40. The molecule has 4 aromatic rings. The maximum absolute atomic E-state index is 6.37. The first-order chi connectivity index (χ1) is 13.2. The van der Waals surface area contributed by atoms with Gasteiger partial charge in [0.15, 0.2) is 11.0 Å². The Balaban J connectivity index is 1.64. The maximum Gasteiger partial charge on any atom is 0.191 e. The first-order valence-corrected chi connectivity index (χ1v) is 10.3. The molecule has 27 heavy (non-hydrogen) atoms. The molecule has 8 heteroatoms. The predicted octanol–water partition coefficient (Wildman–Crippen LogP) is 4.46. The number of nitrogens with two attached hydrogens (primary N) is 1. The van der Waals surface area contributed by atoms with Gasteiger partial charge in [-0.2, -0.15) is 0 Å². The molecule has 0 aliphatic heterocycles. The van der Waals surface area contributed by atoms with Gasteiger partial charge in [0.1, 0.15) is 10.6 Å². The van der Waals surface area contributed by atoms with Crippen LogP contribution in [0.25, 0.3) is 20.9 Å². The van der Waals surface area contributed by atoms with Gasteiger partial charge in [-0.25, -0.2) is 4.98 Å². The van der Waals surface area contributed by atoms with Crippen molar-refractivity contribution in [3.05, 3.63) is 48.2 Å². The molecule has 0 aliphatic rings. The van der Waals surface area contributed by atoms with Gasteiger partial charge in [-0.15, -0.1) is 21.5 Å². The fraction of sp³-hybridized carbons (Fsp3) is 0.211. The average molecular weight is 398 g/mol. The third-order valence-electron chi connectivity index (χ3n) is 4.24. The van der Waals surface area contributed by atoms with Gasteiger partial charge in [-0.1, -0.05) is 23.9 Å². The zero-order valence-electron chi connectivity index (χ0n) is 15.0. The van der Waals surface area contributed by atoms with Crippen molar-refractivity contribution in [1.29, 1.82) is 0 Å². The minimum atomic E-state index is 0.717. The lowest BCUT2D eigenvalue weighted by atomic mass is 10.2. The Morgan fingerprint density at radius 3 is 2.89 bits per heavy atom. The monoisotopic (exact) mass is 397 g/mol. The summed E-state index contributed by atoms with van der Waals surface area (Å²) in [6.45, 7) is 2.86. The van der Waals surface area contributed by atoms with E-state index in [4.69, 9.17) is 10.5 Å². The van der Waals surface area contributed by atoms with E-state index >= 15 is 0 Å². The van der Waals surface area contributed by atoms with Crippen LogP contribution >= 0.6 is 23.1 Å². The average Bonchev–Trinajstić information content (AvgIpc) is 3.27. The van der Waals surface area contributed by atoms with Crippen LogP contribution < -0.4 is 10.5 Å². The van der Waals surface area contributed by atoms with E-state index in [-0.39, 0.29) is 0 Å². The Morgan fingerprint density at radius 2 is 2.11 bits per heavy atom. The van der Waals surface area contributed by atoms with E-state index in [1.807, 2.05) is 30.3 Å². The molecule has 1 aromatic carbocycles. The van der Waals surface area contributed by atoms with Crippen LogP contribution in [0.1, 0.15) is 12.5 Å². The number of hydrogen-bond donors (Lipinski definition) is 1. The topological polar surface area (TPSA) is 78.8 Å². The molecule has 4 rings (SSSR count). The second-order valence-electron chi connectivity index (χ2n) is 5.89. The van der Waals surface area contributed by atoms with Crippen molar-refractivity contribution in [3.8, 4) is 16.5 Å². The number of ether oxygens (including phenoxy) is 1. The Hall–Kier alpha value is -2.58. The summed E-state index contributed by atoms with van der Waals surface area (Å²) in [5.41, 5.74) is 8.26. The molecule has 2 N–H and O–H groups in total. The Bertz CT molecular complexity index is 1090. The Kier molecular flexibility index (Phi) is 5.00. The SMILES string of the molecule is CCn1c(SCc2cccc(OC)c2)nnc1-c1sc2ncccc2c1N. The predicted molar refractivity (Wildman–Crippen MR) is 111 cm³/mol. The van der Waals surface area contributed by atoms with E-state index in [1.165, 1.54) is 5.56 Å². The first kappa shape index (κ1) is 17.8. The lowest BCUT2D eigenvalue weighted by Crippen LogP contribution is -2.00. The number of thiophene rings is 1. The molecule has 0 saturated carbocycles. The van der Waals surface area contributed by atoms with Gasteiger partial charge in [0, 0.05) is 23.9 Å². The summed E-state index contributed by atoms with van der Waals surface area (Å²) in [4.78, 5) is 6.25.